The molecule has 27 heavy (non-hydrogen) atoms. The summed E-state index contributed by atoms with van der Waals surface area (Å²) in [5.41, 5.74) is 4.37. The number of hydrogen-bond donors (Lipinski definition) is 2. The van der Waals surface area contributed by atoms with E-state index < -0.39 is 22.0 Å². The van der Waals surface area contributed by atoms with Gasteiger partial charge in [-0.25, -0.2) is 17.9 Å². The van der Waals surface area contributed by atoms with Gasteiger partial charge in [-0.15, -0.1) is 0 Å². The van der Waals surface area contributed by atoms with Gasteiger partial charge in [-0.05, 0) is 75.3 Å². The molecule has 0 aromatic heterocycles. The summed E-state index contributed by atoms with van der Waals surface area (Å²) in [7, 11) is -3.77. The van der Waals surface area contributed by atoms with Crippen molar-refractivity contribution in [1.82, 2.24) is 9.62 Å². The minimum absolute atomic E-state index is 0.0607. The molecular weight excluding hydrogens is 368 g/mol. The third-order valence-electron chi connectivity index (χ3n) is 5.69. The molecule has 8 heteroatoms. The van der Waals surface area contributed by atoms with Crippen LogP contribution in [0.15, 0.2) is 4.90 Å². The first-order chi connectivity index (χ1) is 12.5. The van der Waals surface area contributed by atoms with Crippen molar-refractivity contribution in [3.05, 3.63) is 27.8 Å². The van der Waals surface area contributed by atoms with Crippen LogP contribution >= 0.6 is 0 Å². The highest BCUT2D eigenvalue weighted by Gasteiger charge is 2.33. The maximum atomic E-state index is 12.8. The second-order valence-electron chi connectivity index (χ2n) is 7.19. The summed E-state index contributed by atoms with van der Waals surface area (Å²) in [6, 6.07) is -0.805. The highest BCUT2D eigenvalue weighted by molar-refractivity contribution is 7.89. The zero-order valence-electron chi connectivity index (χ0n) is 16.5. The molecule has 0 spiro atoms. The number of rotatable bonds is 6. The minimum Gasteiger partial charge on any atom is -0.480 e. The van der Waals surface area contributed by atoms with Gasteiger partial charge in [0.1, 0.15) is 6.04 Å². The molecule has 2 N–H and O–H groups in total. The van der Waals surface area contributed by atoms with Crippen LogP contribution < -0.4 is 4.72 Å². The van der Waals surface area contributed by atoms with Gasteiger partial charge < -0.3 is 10.0 Å². The Morgan fingerprint density at radius 1 is 1.04 bits per heavy atom. The van der Waals surface area contributed by atoms with Crippen molar-refractivity contribution in [3.63, 3.8) is 0 Å². The number of carboxylic acids is 1. The molecule has 0 saturated carbocycles. The minimum atomic E-state index is -3.77. The fourth-order valence-corrected chi connectivity index (χ4v) is 5.33. The van der Waals surface area contributed by atoms with E-state index in [0.717, 1.165) is 16.7 Å². The second kappa shape index (κ2) is 7.98. The van der Waals surface area contributed by atoms with Crippen molar-refractivity contribution in [2.45, 2.75) is 64.8 Å². The molecule has 1 aliphatic heterocycles. The molecule has 1 amide bonds. The highest BCUT2D eigenvalue weighted by atomic mass is 32.2. The lowest BCUT2D eigenvalue weighted by Gasteiger charge is -2.22. The molecule has 1 heterocycles. The van der Waals surface area contributed by atoms with Gasteiger partial charge in [0.05, 0.1) is 4.90 Å². The van der Waals surface area contributed by atoms with E-state index in [1.54, 1.807) is 13.8 Å². The zero-order valence-corrected chi connectivity index (χ0v) is 17.4. The van der Waals surface area contributed by atoms with Crippen LogP contribution in [0.1, 0.15) is 47.1 Å². The molecule has 2 rings (SSSR count). The maximum absolute atomic E-state index is 12.8. The van der Waals surface area contributed by atoms with Crippen LogP contribution in [0.2, 0.25) is 0 Å². The third kappa shape index (κ3) is 4.16. The van der Waals surface area contributed by atoms with Crippen LogP contribution in [0, 0.1) is 34.6 Å². The third-order valence-corrected chi connectivity index (χ3v) is 7.42. The number of amides is 1. The number of benzene rings is 1. The quantitative estimate of drug-likeness (QED) is 0.765. The first-order valence-corrected chi connectivity index (χ1v) is 10.6. The monoisotopic (exact) mass is 396 g/mol. The summed E-state index contributed by atoms with van der Waals surface area (Å²) < 4.78 is 28.2. The number of carbonyl (C=O) groups is 2. The topological polar surface area (TPSA) is 104 Å². The molecule has 0 unspecified atom stereocenters. The smallest absolute Gasteiger partial charge is 0.326 e. The highest BCUT2D eigenvalue weighted by Crippen LogP contribution is 2.29. The second-order valence-corrected chi connectivity index (χ2v) is 8.89. The van der Waals surface area contributed by atoms with Crippen molar-refractivity contribution in [3.8, 4) is 0 Å². The van der Waals surface area contributed by atoms with Crippen LogP contribution in [0.25, 0.3) is 0 Å². The average molecular weight is 397 g/mol. The lowest BCUT2D eigenvalue weighted by Crippen LogP contribution is -2.41. The lowest BCUT2D eigenvalue weighted by atomic mass is 9.95. The van der Waals surface area contributed by atoms with Gasteiger partial charge in [0, 0.05) is 19.5 Å². The zero-order chi connectivity index (χ0) is 20.5. The Morgan fingerprint density at radius 2 is 1.56 bits per heavy atom. The van der Waals surface area contributed by atoms with Crippen LogP contribution in [0.3, 0.4) is 0 Å². The van der Waals surface area contributed by atoms with E-state index in [2.05, 4.69) is 4.72 Å². The van der Waals surface area contributed by atoms with Crippen molar-refractivity contribution in [2.75, 3.05) is 13.1 Å². The van der Waals surface area contributed by atoms with E-state index in [-0.39, 0.29) is 23.8 Å². The molecule has 0 radical (unpaired) electrons. The van der Waals surface area contributed by atoms with Crippen LogP contribution in [-0.4, -0.2) is 49.4 Å². The number of carboxylic acid groups (broad SMARTS) is 1. The lowest BCUT2D eigenvalue weighted by molar-refractivity contribution is -0.148. The standard InChI is InChI=1S/C19H28N2O5S/c1-11-12(2)14(4)18(15(5)13(11)3)27(25,26)20-9-8-17(22)21-10-6-7-16(21)19(23)24/h16,20H,6-10H2,1-5H3,(H,23,24)/t16-/m1/s1. The van der Waals surface area contributed by atoms with Gasteiger partial charge in [0.2, 0.25) is 15.9 Å². The summed E-state index contributed by atoms with van der Waals surface area (Å²) in [5.74, 6) is -1.36. The molecule has 1 fully saturated rings. The average Bonchev–Trinajstić information content (AvgIpc) is 3.08. The van der Waals surface area contributed by atoms with Crippen molar-refractivity contribution in [1.29, 1.82) is 0 Å². The first kappa shape index (κ1) is 21.4. The van der Waals surface area contributed by atoms with Gasteiger partial charge in [0.15, 0.2) is 0 Å². The molecule has 0 aliphatic carbocycles. The molecule has 1 atom stereocenters. The molecule has 7 nitrogen and oxygen atoms in total. The van der Waals surface area contributed by atoms with Gasteiger partial charge in [-0.3, -0.25) is 4.79 Å². The Labute approximate surface area is 160 Å². The van der Waals surface area contributed by atoms with E-state index in [4.69, 9.17) is 5.11 Å². The summed E-state index contributed by atoms with van der Waals surface area (Å²) in [4.78, 5) is 25.1. The Balaban J connectivity index is 2.12. The number of carbonyl (C=O) groups excluding carboxylic acids is 1. The fourth-order valence-electron chi connectivity index (χ4n) is 3.70. The number of nitrogens with zero attached hydrogens (tertiary/aromatic N) is 1. The summed E-state index contributed by atoms with van der Waals surface area (Å²) in [5, 5.41) is 9.17. The van der Waals surface area contributed by atoms with Gasteiger partial charge in [0.25, 0.3) is 0 Å². The predicted octanol–water partition coefficient (Wildman–Crippen LogP) is 1.97. The first-order valence-electron chi connectivity index (χ1n) is 9.08. The Morgan fingerprint density at radius 3 is 2.07 bits per heavy atom. The fraction of sp³-hybridized carbons (Fsp3) is 0.579. The Bertz CT molecular complexity index is 848. The van der Waals surface area contributed by atoms with E-state index in [9.17, 15) is 18.0 Å². The normalized spacial score (nSPS) is 17.4. The largest absolute Gasteiger partial charge is 0.480 e. The number of hydrogen-bond acceptors (Lipinski definition) is 4. The van der Waals surface area contributed by atoms with E-state index in [1.165, 1.54) is 4.90 Å². The maximum Gasteiger partial charge on any atom is 0.326 e. The van der Waals surface area contributed by atoms with E-state index in [1.807, 2.05) is 20.8 Å². The van der Waals surface area contributed by atoms with Crippen LogP contribution in [0.4, 0.5) is 0 Å². The summed E-state index contributed by atoms with van der Waals surface area (Å²) >= 11 is 0. The Kier molecular flexibility index (Phi) is 6.32. The number of aliphatic carboxylic acids is 1. The summed E-state index contributed by atoms with van der Waals surface area (Å²) in [6.07, 6.45) is 1.02. The number of likely N-dealkylation sites (tertiary alicyclic amines) is 1. The molecule has 1 aliphatic rings. The predicted molar refractivity (Wildman–Crippen MR) is 102 cm³/mol. The van der Waals surface area contributed by atoms with Crippen LogP contribution in [0.5, 0.6) is 0 Å². The number of sulfonamides is 1. The van der Waals surface area contributed by atoms with E-state index in [0.29, 0.717) is 30.5 Å². The summed E-state index contributed by atoms with van der Waals surface area (Å²) in [6.45, 7) is 9.69. The van der Waals surface area contributed by atoms with Crippen molar-refractivity contribution < 1.29 is 23.1 Å². The van der Waals surface area contributed by atoms with Crippen molar-refractivity contribution >= 4 is 21.9 Å². The Hall–Kier alpha value is -1.93. The SMILES string of the molecule is Cc1c(C)c(C)c(S(=O)(=O)NCCC(=O)N2CCC[C@@H]2C(=O)O)c(C)c1C. The van der Waals surface area contributed by atoms with Crippen LogP contribution in [-0.2, 0) is 19.6 Å². The molecule has 150 valence electrons. The number of nitrogens with one attached hydrogen (secondary N) is 1. The molecule has 0 bridgehead atoms. The van der Waals surface area contributed by atoms with Crippen molar-refractivity contribution in [2.24, 2.45) is 0 Å². The molecule has 1 saturated heterocycles. The molecule has 1 aromatic rings. The molecular formula is C19H28N2O5S. The molecule has 1 aromatic carbocycles. The van der Waals surface area contributed by atoms with E-state index >= 15 is 0 Å². The van der Waals surface area contributed by atoms with Gasteiger partial charge in [-0.2, -0.15) is 0 Å². The van der Waals surface area contributed by atoms with Gasteiger partial charge in [-0.1, -0.05) is 0 Å². The van der Waals surface area contributed by atoms with Gasteiger partial charge >= 0.3 is 5.97 Å².